The predicted octanol–water partition coefficient (Wildman–Crippen LogP) is 4.93. The molecule has 0 aliphatic rings. The van der Waals surface area contributed by atoms with Crippen LogP contribution in [0, 0.1) is 6.92 Å². The fourth-order valence-electron chi connectivity index (χ4n) is 3.36. The van der Waals surface area contributed by atoms with Crippen molar-refractivity contribution in [3.63, 3.8) is 0 Å². The zero-order chi connectivity index (χ0) is 21.1. The third-order valence-corrected chi connectivity index (χ3v) is 6.67. The number of carbonyl (C=O) groups is 1. The minimum Gasteiger partial charge on any atom is -0.349 e. The number of aromatic amines is 1. The van der Waals surface area contributed by atoms with Gasteiger partial charge in [-0.3, -0.25) is 9.59 Å². The van der Waals surface area contributed by atoms with E-state index < -0.39 is 0 Å². The van der Waals surface area contributed by atoms with E-state index in [1.54, 1.807) is 0 Å². The van der Waals surface area contributed by atoms with Gasteiger partial charge >= 0.3 is 0 Å². The summed E-state index contributed by atoms with van der Waals surface area (Å²) in [5.74, 6) is 0.0769. The van der Waals surface area contributed by atoms with E-state index in [0.717, 1.165) is 21.6 Å². The summed E-state index contributed by atoms with van der Waals surface area (Å²) in [5.41, 5.74) is 2.80. The Labute approximate surface area is 182 Å². The number of fused-ring (bicyclic) bond motifs is 1. The molecule has 4 aromatic rings. The van der Waals surface area contributed by atoms with Crippen LogP contribution in [0.3, 0.4) is 0 Å². The van der Waals surface area contributed by atoms with Crippen molar-refractivity contribution in [1.82, 2.24) is 15.3 Å². The standard InChI is InChI=1S/C23H21N3O2S2/c1-14(16-9-5-3-6-10-16)24-18(27)13-29-23-25-21(28)20-19(15(2)30-22(20)26-23)17-11-7-4-8-12-17/h3-12,14H,13H2,1-2H3,(H,24,27)(H,25,26,28). The second-order valence-electron chi connectivity index (χ2n) is 6.94. The van der Waals surface area contributed by atoms with E-state index in [1.807, 2.05) is 74.5 Å². The van der Waals surface area contributed by atoms with Crippen molar-refractivity contribution in [2.45, 2.75) is 25.0 Å². The summed E-state index contributed by atoms with van der Waals surface area (Å²) in [4.78, 5) is 34.3. The number of H-pyrrole nitrogens is 1. The van der Waals surface area contributed by atoms with E-state index in [1.165, 1.54) is 23.1 Å². The number of benzene rings is 2. The Balaban J connectivity index is 1.51. The highest BCUT2D eigenvalue weighted by molar-refractivity contribution is 7.99. The van der Waals surface area contributed by atoms with E-state index >= 15 is 0 Å². The smallest absolute Gasteiger partial charge is 0.260 e. The number of amides is 1. The summed E-state index contributed by atoms with van der Waals surface area (Å²) in [6.07, 6.45) is 0. The molecule has 4 rings (SSSR count). The maximum atomic E-state index is 12.8. The molecule has 1 unspecified atom stereocenters. The number of hydrogen-bond donors (Lipinski definition) is 2. The van der Waals surface area contributed by atoms with Crippen LogP contribution in [-0.2, 0) is 4.79 Å². The molecule has 0 radical (unpaired) electrons. The Kier molecular flexibility index (Phi) is 6.01. The number of aromatic nitrogens is 2. The Morgan fingerprint density at radius 2 is 1.80 bits per heavy atom. The number of aryl methyl sites for hydroxylation is 1. The highest BCUT2D eigenvalue weighted by Gasteiger charge is 2.17. The predicted molar refractivity (Wildman–Crippen MR) is 124 cm³/mol. The fraction of sp³-hybridized carbons (Fsp3) is 0.174. The second-order valence-corrected chi connectivity index (χ2v) is 9.11. The Hall–Kier alpha value is -2.90. The van der Waals surface area contributed by atoms with E-state index in [2.05, 4.69) is 15.3 Å². The minimum absolute atomic E-state index is 0.0813. The molecule has 0 saturated carbocycles. The van der Waals surface area contributed by atoms with Crippen molar-refractivity contribution in [3.05, 3.63) is 81.5 Å². The largest absolute Gasteiger partial charge is 0.349 e. The van der Waals surface area contributed by atoms with E-state index in [9.17, 15) is 9.59 Å². The summed E-state index contributed by atoms with van der Waals surface area (Å²) in [6.45, 7) is 3.95. The lowest BCUT2D eigenvalue weighted by atomic mass is 10.0. The van der Waals surface area contributed by atoms with Gasteiger partial charge < -0.3 is 10.3 Å². The maximum Gasteiger partial charge on any atom is 0.260 e. The molecule has 0 aliphatic heterocycles. The quantitative estimate of drug-likeness (QED) is 0.333. The van der Waals surface area contributed by atoms with Crippen LogP contribution in [0.15, 0.2) is 70.6 Å². The van der Waals surface area contributed by atoms with Gasteiger partial charge in [0.25, 0.3) is 5.56 Å². The number of carbonyl (C=O) groups excluding carboxylic acids is 1. The molecule has 7 heteroatoms. The van der Waals surface area contributed by atoms with Gasteiger partial charge in [-0.15, -0.1) is 11.3 Å². The molecular weight excluding hydrogens is 414 g/mol. The zero-order valence-electron chi connectivity index (χ0n) is 16.6. The van der Waals surface area contributed by atoms with Gasteiger partial charge in [-0.25, -0.2) is 4.98 Å². The maximum absolute atomic E-state index is 12.8. The fourth-order valence-corrected chi connectivity index (χ4v) is 5.14. The van der Waals surface area contributed by atoms with Crippen molar-refractivity contribution in [1.29, 1.82) is 0 Å². The summed E-state index contributed by atoms with van der Waals surface area (Å²) in [7, 11) is 0. The van der Waals surface area contributed by atoms with Gasteiger partial charge in [0.1, 0.15) is 4.83 Å². The topological polar surface area (TPSA) is 74.8 Å². The third kappa shape index (κ3) is 4.32. The first-order valence-corrected chi connectivity index (χ1v) is 11.4. The average molecular weight is 436 g/mol. The highest BCUT2D eigenvalue weighted by atomic mass is 32.2. The first-order valence-electron chi connectivity index (χ1n) is 9.59. The van der Waals surface area contributed by atoms with Gasteiger partial charge in [0.15, 0.2) is 5.16 Å². The van der Waals surface area contributed by atoms with Gasteiger partial charge in [0, 0.05) is 10.4 Å². The summed E-state index contributed by atoms with van der Waals surface area (Å²) < 4.78 is 0. The van der Waals surface area contributed by atoms with E-state index in [-0.39, 0.29) is 23.3 Å². The molecular formula is C23H21N3O2S2. The summed E-state index contributed by atoms with van der Waals surface area (Å²) in [6, 6.07) is 19.6. The first kappa shape index (κ1) is 20.4. The van der Waals surface area contributed by atoms with Crippen LogP contribution < -0.4 is 10.9 Å². The Bertz CT molecular complexity index is 1230. The van der Waals surface area contributed by atoms with Crippen molar-refractivity contribution in [2.24, 2.45) is 0 Å². The number of nitrogens with zero attached hydrogens (tertiary/aromatic N) is 1. The number of nitrogens with one attached hydrogen (secondary N) is 2. The van der Waals surface area contributed by atoms with Gasteiger partial charge in [-0.05, 0) is 25.0 Å². The van der Waals surface area contributed by atoms with Crippen LogP contribution in [-0.4, -0.2) is 21.6 Å². The van der Waals surface area contributed by atoms with Crippen LogP contribution in [0.1, 0.15) is 23.4 Å². The highest BCUT2D eigenvalue weighted by Crippen LogP contribution is 2.35. The lowest BCUT2D eigenvalue weighted by Gasteiger charge is -2.13. The van der Waals surface area contributed by atoms with Crippen molar-refractivity contribution in [2.75, 3.05) is 5.75 Å². The molecule has 2 heterocycles. The lowest BCUT2D eigenvalue weighted by Crippen LogP contribution is -2.28. The zero-order valence-corrected chi connectivity index (χ0v) is 18.3. The van der Waals surface area contributed by atoms with Crippen molar-refractivity contribution >= 4 is 39.2 Å². The van der Waals surface area contributed by atoms with Crippen LogP contribution in [0.4, 0.5) is 0 Å². The molecule has 2 aromatic heterocycles. The number of thioether (sulfide) groups is 1. The average Bonchev–Trinajstić information content (AvgIpc) is 3.10. The molecule has 5 nitrogen and oxygen atoms in total. The monoisotopic (exact) mass is 435 g/mol. The Morgan fingerprint density at radius 1 is 1.13 bits per heavy atom. The van der Waals surface area contributed by atoms with Gasteiger partial charge in [-0.1, -0.05) is 72.4 Å². The molecule has 0 aliphatic carbocycles. The number of rotatable bonds is 6. The molecule has 0 fully saturated rings. The van der Waals surface area contributed by atoms with Crippen molar-refractivity contribution < 1.29 is 4.79 Å². The third-order valence-electron chi connectivity index (χ3n) is 4.80. The molecule has 1 atom stereocenters. The molecule has 30 heavy (non-hydrogen) atoms. The SMILES string of the molecule is Cc1sc2nc(SCC(=O)NC(C)c3ccccc3)[nH]c(=O)c2c1-c1ccccc1. The second kappa shape index (κ2) is 8.85. The summed E-state index contributed by atoms with van der Waals surface area (Å²) in [5, 5.41) is 4.04. The molecule has 0 saturated heterocycles. The molecule has 0 bridgehead atoms. The summed E-state index contributed by atoms with van der Waals surface area (Å²) >= 11 is 2.73. The molecule has 0 spiro atoms. The number of thiophene rings is 1. The Morgan fingerprint density at radius 3 is 2.50 bits per heavy atom. The molecule has 2 N–H and O–H groups in total. The van der Waals surface area contributed by atoms with Gasteiger partial charge in [0.05, 0.1) is 17.2 Å². The van der Waals surface area contributed by atoms with Gasteiger partial charge in [0.2, 0.25) is 5.91 Å². The van der Waals surface area contributed by atoms with E-state index in [0.29, 0.717) is 15.4 Å². The van der Waals surface area contributed by atoms with Crippen LogP contribution in [0.25, 0.3) is 21.3 Å². The molecule has 1 amide bonds. The molecule has 152 valence electrons. The van der Waals surface area contributed by atoms with Gasteiger partial charge in [-0.2, -0.15) is 0 Å². The first-order chi connectivity index (χ1) is 14.5. The van der Waals surface area contributed by atoms with Crippen molar-refractivity contribution in [3.8, 4) is 11.1 Å². The van der Waals surface area contributed by atoms with Crippen LogP contribution >= 0.6 is 23.1 Å². The van der Waals surface area contributed by atoms with Crippen LogP contribution in [0.2, 0.25) is 0 Å². The minimum atomic E-state index is -0.177. The van der Waals surface area contributed by atoms with E-state index in [4.69, 9.17) is 0 Å². The number of hydrogen-bond acceptors (Lipinski definition) is 5. The normalized spacial score (nSPS) is 12.1. The lowest BCUT2D eigenvalue weighted by molar-refractivity contribution is -0.119. The van der Waals surface area contributed by atoms with Crippen LogP contribution in [0.5, 0.6) is 0 Å². The molecule has 2 aromatic carbocycles.